The Balaban J connectivity index is 2.22. The lowest BCUT2D eigenvalue weighted by Crippen LogP contribution is -2.22. The second-order valence-electron chi connectivity index (χ2n) is 3.33. The fourth-order valence-electron chi connectivity index (χ4n) is 1.63. The molecule has 3 rings (SSSR count). The van der Waals surface area contributed by atoms with Gasteiger partial charge in [-0.2, -0.15) is 0 Å². The van der Waals surface area contributed by atoms with Crippen LogP contribution in [-0.4, -0.2) is 30.9 Å². The molecule has 2 N–H and O–H groups in total. The molecule has 0 fully saturated rings. The third-order valence-electron chi connectivity index (χ3n) is 2.44. The Bertz CT molecular complexity index is 561. The number of aromatic nitrogens is 4. The number of nitrogens with zero attached hydrogens (tertiary/aromatic N) is 4. The van der Waals surface area contributed by atoms with Crippen molar-refractivity contribution in [2.45, 2.75) is 6.23 Å². The molecular weight excluding hydrogens is 210 g/mol. The van der Waals surface area contributed by atoms with Gasteiger partial charge in [-0.3, -0.25) is 9.36 Å². The fraction of sp³-hybridized carbons (Fsp3) is 0.111. The zero-order chi connectivity index (χ0) is 11.1. The van der Waals surface area contributed by atoms with Gasteiger partial charge in [-0.1, -0.05) is 0 Å². The Morgan fingerprint density at radius 2 is 2.31 bits per heavy atom. The fourth-order valence-corrected chi connectivity index (χ4v) is 1.63. The van der Waals surface area contributed by atoms with E-state index in [1.54, 1.807) is 0 Å². The highest BCUT2D eigenvalue weighted by Crippen LogP contribution is 2.31. The minimum absolute atomic E-state index is 0.234. The molecule has 0 radical (unpaired) electrons. The molecule has 0 aromatic heterocycles. The minimum Gasteiger partial charge on any atom is -0.369 e. The molecule has 0 aliphatic carbocycles. The van der Waals surface area contributed by atoms with Crippen LogP contribution in [0.25, 0.3) is 11.5 Å². The summed E-state index contributed by atoms with van der Waals surface area (Å²) >= 11 is 0. The number of nitrogens with one attached hydrogen (secondary N) is 1. The van der Waals surface area contributed by atoms with E-state index >= 15 is 0 Å². The van der Waals surface area contributed by atoms with Crippen molar-refractivity contribution in [2.75, 3.05) is 5.32 Å². The number of fused-ring (bicyclic) bond motifs is 3. The van der Waals surface area contributed by atoms with Gasteiger partial charge in [-0.15, -0.1) is 0 Å². The van der Waals surface area contributed by atoms with Gasteiger partial charge in [0.05, 0.1) is 5.57 Å². The average molecular weight is 217 g/mol. The summed E-state index contributed by atoms with van der Waals surface area (Å²) in [5.41, 5.74) is 0.793. The van der Waals surface area contributed by atoms with Crippen molar-refractivity contribution in [1.82, 2.24) is 19.5 Å². The number of anilines is 1. The Labute approximate surface area is 89.8 Å². The van der Waals surface area contributed by atoms with Crippen LogP contribution in [-0.2, 0) is 4.79 Å². The molecule has 16 heavy (non-hydrogen) atoms. The van der Waals surface area contributed by atoms with Crippen LogP contribution in [0.1, 0.15) is 6.23 Å². The molecule has 1 atom stereocenters. The monoisotopic (exact) mass is 217 g/mol. The highest BCUT2D eigenvalue weighted by Gasteiger charge is 2.24. The van der Waals surface area contributed by atoms with Crippen LogP contribution in [0, 0.1) is 0 Å². The van der Waals surface area contributed by atoms with Crippen molar-refractivity contribution in [3.8, 4) is 11.5 Å². The van der Waals surface area contributed by atoms with Gasteiger partial charge < -0.3 is 10.4 Å². The maximum atomic E-state index is 10.7. The largest absolute Gasteiger partial charge is 0.369 e. The Hall–Kier alpha value is -2.28. The van der Waals surface area contributed by atoms with Crippen LogP contribution in [0.5, 0.6) is 0 Å². The summed E-state index contributed by atoms with van der Waals surface area (Å²) in [6.07, 6.45) is 3.81. The highest BCUT2D eigenvalue weighted by molar-refractivity contribution is 5.78. The molecule has 0 spiro atoms. The van der Waals surface area contributed by atoms with Crippen LogP contribution >= 0.6 is 0 Å². The van der Waals surface area contributed by atoms with Crippen molar-refractivity contribution in [3.63, 3.8) is 0 Å². The van der Waals surface area contributed by atoms with Gasteiger partial charge in [0.2, 0.25) is 0 Å². The lowest BCUT2D eigenvalue weighted by atomic mass is 10.2. The quantitative estimate of drug-likeness (QED) is 0.641. The molecule has 0 saturated carbocycles. The predicted molar refractivity (Wildman–Crippen MR) is 53.5 cm³/mol. The summed E-state index contributed by atoms with van der Waals surface area (Å²) in [7, 11) is 0. The summed E-state index contributed by atoms with van der Waals surface area (Å²) in [5, 5.41) is 12.7. The standard InChI is InChI=1S/C9H7N5O2/c15-2-5-1-10-8-6-7(12-3-11-6)13-4-14(8)9(5)16/h1-4,9-10,16H. The maximum absolute atomic E-state index is 10.7. The van der Waals surface area contributed by atoms with Crippen LogP contribution in [0.3, 0.4) is 0 Å². The van der Waals surface area contributed by atoms with E-state index < -0.39 is 6.23 Å². The lowest BCUT2D eigenvalue weighted by Gasteiger charge is -2.24. The van der Waals surface area contributed by atoms with Crippen molar-refractivity contribution in [3.05, 3.63) is 24.4 Å². The zero-order valence-corrected chi connectivity index (χ0v) is 8.03. The first kappa shape index (κ1) is 8.98. The average Bonchev–Trinajstić information content (AvgIpc) is 2.77. The molecule has 0 amide bonds. The number of rotatable bonds is 1. The Morgan fingerprint density at radius 1 is 1.44 bits per heavy atom. The van der Waals surface area contributed by atoms with E-state index in [2.05, 4.69) is 20.3 Å². The SMILES string of the molecule is O=CC1=CNc2c3ncnc-3ncn2C1O. The number of carbonyl (C=O) groups excluding carboxylic acids is 1. The second-order valence-corrected chi connectivity index (χ2v) is 3.33. The molecule has 3 aliphatic heterocycles. The number of aliphatic hydroxyl groups is 1. The van der Waals surface area contributed by atoms with E-state index in [4.69, 9.17) is 0 Å². The van der Waals surface area contributed by atoms with Crippen molar-refractivity contribution >= 4 is 12.1 Å². The van der Waals surface area contributed by atoms with E-state index in [0.29, 0.717) is 23.6 Å². The zero-order valence-electron chi connectivity index (χ0n) is 8.03. The first-order chi connectivity index (χ1) is 7.81. The topological polar surface area (TPSA) is 92.9 Å². The molecule has 0 aromatic rings. The van der Waals surface area contributed by atoms with Gasteiger partial charge in [0.25, 0.3) is 0 Å². The van der Waals surface area contributed by atoms with Crippen LogP contribution in [0.4, 0.5) is 5.82 Å². The van der Waals surface area contributed by atoms with Gasteiger partial charge in [-0.25, -0.2) is 15.0 Å². The van der Waals surface area contributed by atoms with Gasteiger partial charge >= 0.3 is 0 Å². The van der Waals surface area contributed by atoms with Gasteiger partial charge in [0.15, 0.2) is 24.0 Å². The minimum atomic E-state index is -1.04. The van der Waals surface area contributed by atoms with Crippen molar-refractivity contribution in [1.29, 1.82) is 0 Å². The van der Waals surface area contributed by atoms with E-state index in [1.807, 2.05) is 0 Å². The van der Waals surface area contributed by atoms with Crippen molar-refractivity contribution < 1.29 is 9.90 Å². The summed E-state index contributed by atoms with van der Waals surface area (Å²) in [4.78, 5) is 22.7. The van der Waals surface area contributed by atoms with Gasteiger partial charge in [0, 0.05) is 6.20 Å². The molecule has 80 valence electrons. The molecule has 7 nitrogen and oxygen atoms in total. The smallest absolute Gasteiger partial charge is 0.184 e. The summed E-state index contributed by atoms with van der Waals surface area (Å²) in [6, 6.07) is 0. The summed E-state index contributed by atoms with van der Waals surface area (Å²) < 4.78 is 1.43. The molecule has 7 heteroatoms. The number of imidazole rings is 1. The highest BCUT2D eigenvalue weighted by atomic mass is 16.3. The van der Waals surface area contributed by atoms with Crippen LogP contribution in [0.15, 0.2) is 24.4 Å². The molecule has 0 saturated heterocycles. The molecule has 3 aliphatic rings. The summed E-state index contributed by atoms with van der Waals surface area (Å²) in [6.45, 7) is 0. The van der Waals surface area contributed by atoms with E-state index in [1.165, 1.54) is 23.4 Å². The van der Waals surface area contributed by atoms with E-state index in [-0.39, 0.29) is 5.57 Å². The van der Waals surface area contributed by atoms with Gasteiger partial charge in [-0.05, 0) is 0 Å². The normalized spacial score (nSPS) is 18.8. The summed E-state index contributed by atoms with van der Waals surface area (Å²) in [5.74, 6) is 1.06. The number of carbonyl (C=O) groups is 1. The maximum Gasteiger partial charge on any atom is 0.184 e. The van der Waals surface area contributed by atoms with Crippen LogP contribution < -0.4 is 5.32 Å². The molecule has 0 bridgehead atoms. The molecule has 3 heterocycles. The molecular formula is C9H7N5O2. The lowest BCUT2D eigenvalue weighted by molar-refractivity contribution is -0.106. The first-order valence-corrected chi connectivity index (χ1v) is 4.58. The number of aliphatic hydroxyl groups excluding tert-OH is 1. The predicted octanol–water partition coefficient (Wildman–Crippen LogP) is -0.223. The first-order valence-electron chi connectivity index (χ1n) is 4.58. The van der Waals surface area contributed by atoms with E-state index in [9.17, 15) is 9.90 Å². The van der Waals surface area contributed by atoms with Crippen LogP contribution in [0.2, 0.25) is 0 Å². The molecule has 1 unspecified atom stereocenters. The second kappa shape index (κ2) is 3.11. The van der Waals surface area contributed by atoms with Crippen molar-refractivity contribution in [2.24, 2.45) is 0 Å². The number of aldehydes is 1. The Kier molecular flexibility index (Phi) is 1.74. The third-order valence-corrected chi connectivity index (χ3v) is 2.44. The molecule has 0 aromatic carbocycles. The number of hydrogen-bond donors (Lipinski definition) is 2. The van der Waals surface area contributed by atoms with E-state index in [0.717, 1.165) is 0 Å². The van der Waals surface area contributed by atoms with Gasteiger partial charge in [0.1, 0.15) is 18.5 Å². The number of hydrogen-bond acceptors (Lipinski definition) is 6. The Morgan fingerprint density at radius 3 is 3.12 bits per heavy atom. The third kappa shape index (κ3) is 1.06.